The van der Waals surface area contributed by atoms with Gasteiger partial charge in [-0.25, -0.2) is 0 Å². The van der Waals surface area contributed by atoms with Crippen LogP contribution in [0.3, 0.4) is 0 Å². The van der Waals surface area contributed by atoms with Gasteiger partial charge in [0.1, 0.15) is 0 Å². The predicted molar refractivity (Wildman–Crippen MR) is 59.6 cm³/mol. The summed E-state index contributed by atoms with van der Waals surface area (Å²) in [6, 6.07) is 12.8. The molecule has 0 spiro atoms. The number of carbonyl (C=O) groups excluding carboxylic acids is 1. The maximum Gasteiger partial charge on any atom is 0.193 e. The van der Waals surface area contributed by atoms with E-state index in [1.165, 1.54) is 18.2 Å². The molecule has 0 aliphatic heterocycles. The molecular weight excluding hydrogens is 204 g/mol. The molecule has 0 amide bonds. The van der Waals surface area contributed by atoms with Crippen LogP contribution < -0.4 is 0 Å². The van der Waals surface area contributed by atoms with Crippen LogP contribution in [0.15, 0.2) is 48.5 Å². The quantitative estimate of drug-likeness (QED) is 0.595. The fourth-order valence-electron chi connectivity index (χ4n) is 1.42. The summed E-state index contributed by atoms with van der Waals surface area (Å²) < 4.78 is 0. The van der Waals surface area contributed by atoms with Gasteiger partial charge in [-0.05, 0) is 18.2 Å². The molecule has 16 heavy (non-hydrogen) atoms. The Morgan fingerprint density at radius 1 is 0.812 bits per heavy atom. The van der Waals surface area contributed by atoms with Gasteiger partial charge in [0, 0.05) is 11.1 Å². The van der Waals surface area contributed by atoms with Gasteiger partial charge in [-0.3, -0.25) is 4.79 Å². The van der Waals surface area contributed by atoms with Gasteiger partial charge in [0.15, 0.2) is 17.3 Å². The lowest BCUT2D eigenvalue weighted by molar-refractivity contribution is 0.103. The van der Waals surface area contributed by atoms with Crippen LogP contribution in [-0.4, -0.2) is 16.0 Å². The Hall–Kier alpha value is -2.29. The minimum absolute atomic E-state index is 0.184. The van der Waals surface area contributed by atoms with E-state index in [-0.39, 0.29) is 17.3 Å². The van der Waals surface area contributed by atoms with Crippen molar-refractivity contribution in [1.29, 1.82) is 0 Å². The Kier molecular flexibility index (Phi) is 2.60. The number of hydrogen-bond acceptors (Lipinski definition) is 3. The fourth-order valence-corrected chi connectivity index (χ4v) is 1.42. The molecule has 0 heterocycles. The second-order valence-electron chi connectivity index (χ2n) is 3.40. The summed E-state index contributed by atoms with van der Waals surface area (Å²) in [6.45, 7) is 0. The smallest absolute Gasteiger partial charge is 0.193 e. The van der Waals surface area contributed by atoms with Crippen LogP contribution in [0.4, 0.5) is 0 Å². The molecule has 0 saturated heterocycles. The van der Waals surface area contributed by atoms with Crippen molar-refractivity contribution in [1.82, 2.24) is 0 Å². The topological polar surface area (TPSA) is 57.5 Å². The van der Waals surface area contributed by atoms with Crippen molar-refractivity contribution in [3.8, 4) is 11.5 Å². The average molecular weight is 214 g/mol. The van der Waals surface area contributed by atoms with Crippen molar-refractivity contribution in [3.63, 3.8) is 0 Å². The standard InChI is InChI=1S/C13H10O3/c14-11-7-6-10(8-12(11)15)13(16)9-4-2-1-3-5-9/h1-8,14-15H. The molecular formula is C13H10O3. The first-order valence-electron chi connectivity index (χ1n) is 4.80. The summed E-state index contributed by atoms with van der Waals surface area (Å²) in [5.74, 6) is -0.706. The van der Waals surface area contributed by atoms with Crippen LogP contribution in [0.2, 0.25) is 0 Å². The third-order valence-corrected chi connectivity index (χ3v) is 2.27. The second-order valence-corrected chi connectivity index (χ2v) is 3.40. The number of carbonyl (C=O) groups is 1. The van der Waals surface area contributed by atoms with Crippen molar-refractivity contribution in [2.24, 2.45) is 0 Å². The highest BCUT2D eigenvalue weighted by Crippen LogP contribution is 2.25. The van der Waals surface area contributed by atoms with Gasteiger partial charge in [0.05, 0.1) is 0 Å². The summed E-state index contributed by atoms with van der Waals surface area (Å²) in [7, 11) is 0. The fraction of sp³-hybridized carbons (Fsp3) is 0. The molecule has 2 aromatic rings. The summed E-state index contributed by atoms with van der Waals surface area (Å²) in [6.07, 6.45) is 0. The van der Waals surface area contributed by atoms with Gasteiger partial charge in [-0.15, -0.1) is 0 Å². The predicted octanol–water partition coefficient (Wildman–Crippen LogP) is 2.33. The maximum absolute atomic E-state index is 11.9. The number of ketones is 1. The number of phenolic OH excluding ortho intramolecular Hbond substituents is 2. The Morgan fingerprint density at radius 3 is 2.12 bits per heavy atom. The highest BCUT2D eigenvalue weighted by atomic mass is 16.3. The van der Waals surface area contributed by atoms with E-state index in [1.807, 2.05) is 6.07 Å². The van der Waals surface area contributed by atoms with Gasteiger partial charge in [-0.1, -0.05) is 30.3 Å². The van der Waals surface area contributed by atoms with E-state index in [9.17, 15) is 9.90 Å². The van der Waals surface area contributed by atoms with E-state index in [1.54, 1.807) is 24.3 Å². The van der Waals surface area contributed by atoms with Gasteiger partial charge in [0.25, 0.3) is 0 Å². The van der Waals surface area contributed by atoms with Crippen molar-refractivity contribution in [2.75, 3.05) is 0 Å². The molecule has 2 aromatic carbocycles. The van der Waals surface area contributed by atoms with Crippen LogP contribution in [0.1, 0.15) is 15.9 Å². The number of rotatable bonds is 2. The highest BCUT2D eigenvalue weighted by molar-refractivity contribution is 6.09. The molecule has 0 aromatic heterocycles. The van der Waals surface area contributed by atoms with Crippen LogP contribution in [0.25, 0.3) is 0 Å². The van der Waals surface area contributed by atoms with E-state index >= 15 is 0 Å². The van der Waals surface area contributed by atoms with Gasteiger partial charge >= 0.3 is 0 Å². The van der Waals surface area contributed by atoms with Crippen molar-refractivity contribution in [3.05, 3.63) is 59.7 Å². The maximum atomic E-state index is 11.9. The summed E-state index contributed by atoms with van der Waals surface area (Å²) in [4.78, 5) is 11.9. The van der Waals surface area contributed by atoms with Gasteiger partial charge in [-0.2, -0.15) is 0 Å². The van der Waals surface area contributed by atoms with Gasteiger partial charge in [0.2, 0.25) is 0 Å². The lowest BCUT2D eigenvalue weighted by atomic mass is 10.0. The largest absolute Gasteiger partial charge is 0.504 e. The average Bonchev–Trinajstić information content (AvgIpc) is 2.33. The molecule has 2 N–H and O–H groups in total. The minimum atomic E-state index is -0.290. The molecule has 0 saturated carbocycles. The van der Waals surface area contributed by atoms with E-state index in [0.717, 1.165) is 0 Å². The van der Waals surface area contributed by atoms with Crippen molar-refractivity contribution >= 4 is 5.78 Å². The van der Waals surface area contributed by atoms with Crippen molar-refractivity contribution in [2.45, 2.75) is 0 Å². The molecule has 0 atom stereocenters. The Morgan fingerprint density at radius 2 is 1.50 bits per heavy atom. The summed E-state index contributed by atoms with van der Waals surface area (Å²) >= 11 is 0. The molecule has 0 aliphatic rings. The molecule has 0 radical (unpaired) electrons. The normalized spacial score (nSPS) is 10.0. The molecule has 80 valence electrons. The third kappa shape index (κ3) is 1.88. The first-order valence-corrected chi connectivity index (χ1v) is 4.80. The van der Waals surface area contributed by atoms with Gasteiger partial charge < -0.3 is 10.2 Å². The Labute approximate surface area is 92.6 Å². The summed E-state index contributed by atoms with van der Waals surface area (Å²) in [5.41, 5.74) is 0.897. The van der Waals surface area contributed by atoms with Crippen LogP contribution in [-0.2, 0) is 0 Å². The molecule has 3 nitrogen and oxygen atoms in total. The van der Waals surface area contributed by atoms with Crippen LogP contribution >= 0.6 is 0 Å². The van der Waals surface area contributed by atoms with Crippen LogP contribution in [0, 0.1) is 0 Å². The highest BCUT2D eigenvalue weighted by Gasteiger charge is 2.10. The lowest BCUT2D eigenvalue weighted by Crippen LogP contribution is -2.00. The summed E-state index contributed by atoms with van der Waals surface area (Å²) in [5, 5.41) is 18.4. The molecule has 2 rings (SSSR count). The van der Waals surface area contributed by atoms with E-state index in [4.69, 9.17) is 5.11 Å². The third-order valence-electron chi connectivity index (χ3n) is 2.27. The number of phenols is 2. The molecule has 3 heteroatoms. The van der Waals surface area contributed by atoms with E-state index < -0.39 is 0 Å². The first kappa shape index (κ1) is 10.2. The van der Waals surface area contributed by atoms with E-state index in [0.29, 0.717) is 11.1 Å². The minimum Gasteiger partial charge on any atom is -0.504 e. The SMILES string of the molecule is O=C(c1ccccc1)c1ccc(O)c(O)c1. The Bertz CT molecular complexity index is 518. The van der Waals surface area contributed by atoms with E-state index in [2.05, 4.69) is 0 Å². The zero-order chi connectivity index (χ0) is 11.5. The number of aromatic hydroxyl groups is 2. The Balaban J connectivity index is 2.39. The monoisotopic (exact) mass is 214 g/mol. The number of hydrogen-bond donors (Lipinski definition) is 2. The van der Waals surface area contributed by atoms with Crippen LogP contribution in [0.5, 0.6) is 11.5 Å². The van der Waals surface area contributed by atoms with Crippen molar-refractivity contribution < 1.29 is 15.0 Å². The molecule has 0 unspecified atom stereocenters. The number of benzene rings is 2. The molecule has 0 fully saturated rings. The first-order chi connectivity index (χ1) is 7.68. The second kappa shape index (κ2) is 4.06. The zero-order valence-corrected chi connectivity index (χ0v) is 8.42. The molecule has 0 aliphatic carbocycles. The molecule has 0 bridgehead atoms. The lowest BCUT2D eigenvalue weighted by Gasteiger charge is -2.02. The zero-order valence-electron chi connectivity index (χ0n) is 8.42.